The minimum Gasteiger partial charge on any atom is -0.457 e. The van der Waals surface area contributed by atoms with Crippen LogP contribution in [-0.4, -0.2) is 5.11 Å². The van der Waals surface area contributed by atoms with Gasteiger partial charge in [0.1, 0.15) is 17.3 Å². The van der Waals surface area contributed by atoms with Crippen LogP contribution < -0.4 is 4.74 Å². The molecule has 0 saturated carbocycles. The molecule has 0 amide bonds. The molecule has 0 unspecified atom stereocenters. The maximum absolute atomic E-state index is 13.2. The highest BCUT2D eigenvalue weighted by atomic mass is 79.9. The third-order valence-corrected chi connectivity index (χ3v) is 3.08. The van der Waals surface area contributed by atoms with Gasteiger partial charge < -0.3 is 9.84 Å². The second-order valence-corrected chi connectivity index (χ2v) is 4.94. The van der Waals surface area contributed by atoms with Crippen molar-refractivity contribution in [2.24, 2.45) is 0 Å². The van der Waals surface area contributed by atoms with E-state index < -0.39 is 5.82 Å². The van der Waals surface area contributed by atoms with Gasteiger partial charge in [0.15, 0.2) is 0 Å². The van der Waals surface area contributed by atoms with E-state index in [0.717, 1.165) is 0 Å². The molecule has 18 heavy (non-hydrogen) atoms. The summed E-state index contributed by atoms with van der Waals surface area (Å²) in [5.74, 6) is 0.460. The summed E-state index contributed by atoms with van der Waals surface area (Å²) in [6, 6.07) is 9.17. The van der Waals surface area contributed by atoms with E-state index in [1.54, 1.807) is 24.3 Å². The fraction of sp³-hybridized carbons (Fsp3) is 0.0769. The number of aliphatic hydroxyl groups excluding tert-OH is 1. The van der Waals surface area contributed by atoms with Crippen LogP contribution in [0.15, 0.2) is 40.9 Å². The number of hydrogen-bond donors (Lipinski definition) is 1. The predicted octanol–water partition coefficient (Wildman–Crippen LogP) is 4.53. The smallest absolute Gasteiger partial charge is 0.131 e. The molecule has 0 radical (unpaired) electrons. The van der Waals surface area contributed by atoms with E-state index in [-0.39, 0.29) is 6.61 Å². The van der Waals surface area contributed by atoms with Crippen molar-refractivity contribution in [1.29, 1.82) is 0 Å². The second kappa shape index (κ2) is 5.69. The monoisotopic (exact) mass is 330 g/mol. The molecule has 2 nitrogen and oxygen atoms in total. The number of halogens is 3. The second-order valence-electron chi connectivity index (χ2n) is 3.62. The van der Waals surface area contributed by atoms with Gasteiger partial charge in [0.05, 0.1) is 6.61 Å². The summed E-state index contributed by atoms with van der Waals surface area (Å²) in [6.07, 6.45) is 0. The quantitative estimate of drug-likeness (QED) is 0.895. The van der Waals surface area contributed by atoms with Gasteiger partial charge in [-0.3, -0.25) is 0 Å². The summed E-state index contributed by atoms with van der Waals surface area (Å²) in [5.41, 5.74) is 0.615. The number of rotatable bonds is 3. The molecule has 2 aromatic carbocycles. The molecule has 0 aliphatic rings. The van der Waals surface area contributed by atoms with Crippen LogP contribution in [0.2, 0.25) is 5.02 Å². The lowest BCUT2D eigenvalue weighted by molar-refractivity contribution is 0.282. The molecule has 0 atom stereocenters. The van der Waals surface area contributed by atoms with Crippen LogP contribution in [0.4, 0.5) is 4.39 Å². The maximum Gasteiger partial charge on any atom is 0.131 e. The summed E-state index contributed by atoms with van der Waals surface area (Å²) in [6.45, 7) is -0.134. The first-order valence-corrected chi connectivity index (χ1v) is 6.29. The molecular formula is C13H9BrClFO2. The van der Waals surface area contributed by atoms with E-state index in [4.69, 9.17) is 21.4 Å². The molecule has 0 saturated heterocycles. The van der Waals surface area contributed by atoms with E-state index >= 15 is 0 Å². The minimum absolute atomic E-state index is 0.134. The molecule has 2 aromatic rings. The lowest BCUT2D eigenvalue weighted by atomic mass is 10.2. The van der Waals surface area contributed by atoms with E-state index in [0.29, 0.717) is 26.6 Å². The first-order valence-electron chi connectivity index (χ1n) is 5.12. The van der Waals surface area contributed by atoms with E-state index in [2.05, 4.69) is 15.9 Å². The number of hydrogen-bond acceptors (Lipinski definition) is 2. The van der Waals surface area contributed by atoms with Crippen LogP contribution in [0.1, 0.15) is 5.56 Å². The Balaban J connectivity index is 2.25. The largest absolute Gasteiger partial charge is 0.457 e. The molecule has 0 aliphatic carbocycles. The molecule has 0 fully saturated rings. The van der Waals surface area contributed by atoms with E-state index in [1.165, 1.54) is 12.1 Å². The summed E-state index contributed by atoms with van der Waals surface area (Å²) in [5, 5.41) is 9.40. The van der Waals surface area contributed by atoms with Crippen LogP contribution in [0.3, 0.4) is 0 Å². The molecule has 0 bridgehead atoms. The van der Waals surface area contributed by atoms with Crippen LogP contribution in [0.25, 0.3) is 0 Å². The van der Waals surface area contributed by atoms with Gasteiger partial charge in [0, 0.05) is 15.6 Å². The Hall–Kier alpha value is -1.10. The van der Waals surface area contributed by atoms with Crippen molar-refractivity contribution in [3.05, 3.63) is 57.3 Å². The zero-order valence-electron chi connectivity index (χ0n) is 9.16. The van der Waals surface area contributed by atoms with Crippen molar-refractivity contribution < 1.29 is 14.2 Å². The van der Waals surface area contributed by atoms with Crippen molar-refractivity contribution in [1.82, 2.24) is 0 Å². The Morgan fingerprint density at radius 1 is 1.17 bits per heavy atom. The van der Waals surface area contributed by atoms with Crippen molar-refractivity contribution in [2.45, 2.75) is 6.61 Å². The van der Waals surface area contributed by atoms with Gasteiger partial charge in [-0.25, -0.2) is 4.39 Å². The predicted molar refractivity (Wildman–Crippen MR) is 71.5 cm³/mol. The van der Waals surface area contributed by atoms with Crippen molar-refractivity contribution in [2.75, 3.05) is 0 Å². The summed E-state index contributed by atoms with van der Waals surface area (Å²) < 4.78 is 19.2. The van der Waals surface area contributed by atoms with Gasteiger partial charge in [-0.05, 0) is 29.8 Å². The third-order valence-electron chi connectivity index (χ3n) is 2.27. The number of ether oxygens (including phenoxy) is 1. The molecule has 0 aromatic heterocycles. The summed E-state index contributed by atoms with van der Waals surface area (Å²) in [4.78, 5) is 0. The average Bonchev–Trinajstić information content (AvgIpc) is 2.27. The molecular weight excluding hydrogens is 322 g/mol. The van der Waals surface area contributed by atoms with Crippen molar-refractivity contribution >= 4 is 27.5 Å². The van der Waals surface area contributed by atoms with Gasteiger partial charge in [0.25, 0.3) is 0 Å². The fourth-order valence-corrected chi connectivity index (χ4v) is 2.12. The average molecular weight is 332 g/mol. The normalized spacial score (nSPS) is 10.4. The lowest BCUT2D eigenvalue weighted by Gasteiger charge is -2.08. The molecule has 94 valence electrons. The molecule has 0 aliphatic heterocycles. The van der Waals surface area contributed by atoms with Gasteiger partial charge in [-0.15, -0.1) is 0 Å². The van der Waals surface area contributed by atoms with Gasteiger partial charge >= 0.3 is 0 Å². The Kier molecular flexibility index (Phi) is 4.22. The maximum atomic E-state index is 13.2. The van der Waals surface area contributed by atoms with Crippen molar-refractivity contribution in [3.8, 4) is 11.5 Å². The standard InChI is InChI=1S/C13H9BrClFO2/c14-9-3-10(16)5-12(4-9)18-11-2-1-8(7-17)13(15)6-11/h1-6,17H,7H2. The highest BCUT2D eigenvalue weighted by molar-refractivity contribution is 9.10. The Bertz CT molecular complexity index is 555. The van der Waals surface area contributed by atoms with E-state index in [1.807, 2.05) is 0 Å². The molecule has 1 N–H and O–H groups in total. The molecule has 0 heterocycles. The SMILES string of the molecule is OCc1ccc(Oc2cc(F)cc(Br)c2)cc1Cl. The Morgan fingerprint density at radius 3 is 2.56 bits per heavy atom. The zero-order valence-corrected chi connectivity index (χ0v) is 11.5. The minimum atomic E-state index is -0.391. The highest BCUT2D eigenvalue weighted by Gasteiger charge is 2.05. The number of benzene rings is 2. The molecule has 0 spiro atoms. The summed E-state index contributed by atoms with van der Waals surface area (Å²) >= 11 is 9.12. The topological polar surface area (TPSA) is 29.5 Å². The van der Waals surface area contributed by atoms with Crippen LogP contribution >= 0.6 is 27.5 Å². The Labute approximate surface area is 117 Å². The first kappa shape index (κ1) is 13.3. The molecule has 5 heteroatoms. The molecule has 2 rings (SSSR count). The van der Waals surface area contributed by atoms with Gasteiger partial charge in [-0.1, -0.05) is 33.6 Å². The van der Waals surface area contributed by atoms with Gasteiger partial charge in [-0.2, -0.15) is 0 Å². The fourth-order valence-electron chi connectivity index (χ4n) is 1.44. The lowest BCUT2D eigenvalue weighted by Crippen LogP contribution is -1.89. The van der Waals surface area contributed by atoms with E-state index in [9.17, 15) is 4.39 Å². The van der Waals surface area contributed by atoms with Gasteiger partial charge in [0.2, 0.25) is 0 Å². The highest BCUT2D eigenvalue weighted by Crippen LogP contribution is 2.29. The summed E-state index contributed by atoms with van der Waals surface area (Å²) in [7, 11) is 0. The first-order chi connectivity index (χ1) is 8.58. The third kappa shape index (κ3) is 3.22. The Morgan fingerprint density at radius 2 is 1.94 bits per heavy atom. The number of aliphatic hydroxyl groups is 1. The zero-order chi connectivity index (χ0) is 13.1. The van der Waals surface area contributed by atoms with Crippen molar-refractivity contribution in [3.63, 3.8) is 0 Å². The van der Waals surface area contributed by atoms with Crippen LogP contribution in [0.5, 0.6) is 11.5 Å². The van der Waals surface area contributed by atoms with Crippen LogP contribution in [0, 0.1) is 5.82 Å². The van der Waals surface area contributed by atoms with Crippen LogP contribution in [-0.2, 0) is 6.61 Å².